The summed E-state index contributed by atoms with van der Waals surface area (Å²) < 4.78 is 10.5. The van der Waals surface area contributed by atoms with E-state index in [9.17, 15) is 0 Å². The Kier molecular flexibility index (Phi) is 6.06. The molecule has 0 radical (unpaired) electrons. The van der Waals surface area contributed by atoms with Crippen molar-refractivity contribution in [1.29, 1.82) is 0 Å². The average molecular weight is 284 g/mol. The third kappa shape index (κ3) is 4.07. The first-order valence-corrected chi connectivity index (χ1v) is 7.62. The zero-order valence-electron chi connectivity index (χ0n) is 12.6. The van der Waals surface area contributed by atoms with Gasteiger partial charge < -0.3 is 20.5 Å². The van der Waals surface area contributed by atoms with Crippen molar-refractivity contribution in [3.05, 3.63) is 0 Å². The van der Waals surface area contributed by atoms with E-state index >= 15 is 0 Å². The summed E-state index contributed by atoms with van der Waals surface area (Å²) in [6.07, 6.45) is 4.71. The second kappa shape index (κ2) is 7.81. The van der Waals surface area contributed by atoms with Crippen molar-refractivity contribution in [2.45, 2.75) is 31.2 Å². The van der Waals surface area contributed by atoms with Gasteiger partial charge in [-0.15, -0.1) is 0 Å². The van der Waals surface area contributed by atoms with Gasteiger partial charge in [0.2, 0.25) is 0 Å². The number of guanidine groups is 1. The first-order valence-electron chi connectivity index (χ1n) is 7.62. The first-order chi connectivity index (χ1) is 9.77. The van der Waals surface area contributed by atoms with Crippen LogP contribution >= 0.6 is 0 Å². The standard InChI is InChI=1S/C14H28N4O2/c1-19-11-6-16-13(15)17-12-14(4-9-20-10-5-14)18-7-2-3-8-18/h2-12H2,1H3,(H3,15,16,17). The van der Waals surface area contributed by atoms with Crippen LogP contribution in [0.4, 0.5) is 0 Å². The fourth-order valence-electron chi connectivity index (χ4n) is 3.09. The van der Waals surface area contributed by atoms with Crippen LogP contribution in [0.2, 0.25) is 0 Å². The molecule has 0 aromatic rings. The monoisotopic (exact) mass is 284 g/mol. The molecule has 0 aliphatic carbocycles. The Morgan fingerprint density at radius 1 is 1.35 bits per heavy atom. The normalized spacial score (nSPS) is 23.9. The van der Waals surface area contributed by atoms with E-state index in [0.29, 0.717) is 19.1 Å². The van der Waals surface area contributed by atoms with Crippen LogP contribution in [0.5, 0.6) is 0 Å². The summed E-state index contributed by atoms with van der Waals surface area (Å²) in [4.78, 5) is 7.17. The molecule has 0 saturated carbocycles. The van der Waals surface area contributed by atoms with Crippen molar-refractivity contribution in [1.82, 2.24) is 10.2 Å². The maximum Gasteiger partial charge on any atom is 0.188 e. The Labute approximate surface area is 121 Å². The Morgan fingerprint density at radius 3 is 2.70 bits per heavy atom. The van der Waals surface area contributed by atoms with Crippen LogP contribution < -0.4 is 11.1 Å². The van der Waals surface area contributed by atoms with E-state index in [-0.39, 0.29) is 5.54 Å². The quantitative estimate of drug-likeness (QED) is 0.414. The molecule has 0 bridgehead atoms. The largest absolute Gasteiger partial charge is 0.383 e. The highest BCUT2D eigenvalue weighted by Gasteiger charge is 2.39. The van der Waals surface area contributed by atoms with E-state index in [4.69, 9.17) is 15.2 Å². The molecule has 6 heteroatoms. The molecule has 3 N–H and O–H groups in total. The molecule has 2 saturated heterocycles. The second-order valence-electron chi connectivity index (χ2n) is 5.65. The number of hydrogen-bond acceptors (Lipinski definition) is 4. The van der Waals surface area contributed by atoms with Crippen molar-refractivity contribution in [3.63, 3.8) is 0 Å². The van der Waals surface area contributed by atoms with Crippen LogP contribution in [-0.2, 0) is 9.47 Å². The molecule has 0 atom stereocenters. The lowest BCUT2D eigenvalue weighted by Crippen LogP contribution is -2.53. The molecule has 0 amide bonds. The van der Waals surface area contributed by atoms with Gasteiger partial charge in [0.05, 0.1) is 13.2 Å². The fraction of sp³-hybridized carbons (Fsp3) is 0.929. The van der Waals surface area contributed by atoms with Gasteiger partial charge in [0.25, 0.3) is 0 Å². The Balaban J connectivity index is 1.91. The molecule has 0 aromatic carbocycles. The lowest BCUT2D eigenvalue weighted by atomic mass is 9.88. The molecule has 2 fully saturated rings. The number of nitrogens with zero attached hydrogens (tertiary/aromatic N) is 2. The van der Waals surface area contributed by atoms with Gasteiger partial charge in [-0.25, -0.2) is 0 Å². The van der Waals surface area contributed by atoms with Gasteiger partial charge in [0, 0.05) is 32.4 Å². The maximum absolute atomic E-state index is 5.92. The molecular weight excluding hydrogens is 256 g/mol. The van der Waals surface area contributed by atoms with E-state index in [0.717, 1.165) is 32.6 Å². The summed E-state index contributed by atoms with van der Waals surface area (Å²) in [5, 5.41) is 3.08. The summed E-state index contributed by atoms with van der Waals surface area (Å²) in [6.45, 7) is 6.15. The maximum atomic E-state index is 5.92. The smallest absolute Gasteiger partial charge is 0.188 e. The zero-order valence-corrected chi connectivity index (χ0v) is 12.6. The lowest BCUT2D eigenvalue weighted by molar-refractivity contribution is -0.0138. The predicted molar refractivity (Wildman–Crippen MR) is 80.0 cm³/mol. The number of ether oxygens (including phenoxy) is 2. The summed E-state index contributed by atoms with van der Waals surface area (Å²) in [5.41, 5.74) is 6.08. The van der Waals surface area contributed by atoms with Gasteiger partial charge in [0.15, 0.2) is 5.96 Å². The molecule has 0 spiro atoms. The van der Waals surface area contributed by atoms with E-state index in [1.165, 1.54) is 25.9 Å². The highest BCUT2D eigenvalue weighted by molar-refractivity contribution is 5.77. The molecule has 2 rings (SSSR count). The third-order valence-corrected chi connectivity index (χ3v) is 4.36. The fourth-order valence-corrected chi connectivity index (χ4v) is 3.09. The van der Waals surface area contributed by atoms with Gasteiger partial charge in [-0.05, 0) is 38.8 Å². The lowest BCUT2D eigenvalue weighted by Gasteiger charge is -2.43. The molecule has 2 aliphatic heterocycles. The molecule has 2 aliphatic rings. The number of methoxy groups -OCH3 is 1. The van der Waals surface area contributed by atoms with Crippen LogP contribution in [0.1, 0.15) is 25.7 Å². The molecule has 0 unspecified atom stereocenters. The number of nitrogens with two attached hydrogens (primary N) is 1. The summed E-state index contributed by atoms with van der Waals surface area (Å²) in [5.74, 6) is 0.520. The zero-order chi connectivity index (χ0) is 14.3. The van der Waals surface area contributed by atoms with Crippen molar-refractivity contribution in [3.8, 4) is 0 Å². The Hall–Kier alpha value is -0.850. The van der Waals surface area contributed by atoms with Gasteiger partial charge in [-0.2, -0.15) is 0 Å². The van der Waals surface area contributed by atoms with E-state index in [2.05, 4.69) is 15.2 Å². The van der Waals surface area contributed by atoms with Crippen LogP contribution in [0.25, 0.3) is 0 Å². The molecule has 116 valence electrons. The molecule has 0 aromatic heterocycles. The van der Waals surface area contributed by atoms with E-state index in [1.54, 1.807) is 7.11 Å². The molecule has 6 nitrogen and oxygen atoms in total. The number of likely N-dealkylation sites (tertiary alicyclic amines) is 1. The first kappa shape index (κ1) is 15.5. The molecule has 20 heavy (non-hydrogen) atoms. The number of nitrogens with one attached hydrogen (secondary N) is 1. The van der Waals surface area contributed by atoms with Crippen LogP contribution in [0, 0.1) is 0 Å². The Bertz CT molecular complexity index is 310. The minimum Gasteiger partial charge on any atom is -0.383 e. The minimum atomic E-state index is 0.155. The highest BCUT2D eigenvalue weighted by Crippen LogP contribution is 2.31. The predicted octanol–water partition coefficient (Wildman–Crippen LogP) is 0.182. The molecule has 2 heterocycles. The van der Waals surface area contributed by atoms with Crippen LogP contribution in [0.3, 0.4) is 0 Å². The second-order valence-corrected chi connectivity index (χ2v) is 5.65. The van der Waals surface area contributed by atoms with Gasteiger partial charge >= 0.3 is 0 Å². The number of aliphatic imine (C=N–C) groups is 1. The number of hydrogen-bond donors (Lipinski definition) is 2. The third-order valence-electron chi connectivity index (χ3n) is 4.36. The van der Waals surface area contributed by atoms with Crippen LogP contribution in [-0.4, -0.2) is 69.5 Å². The summed E-state index contributed by atoms with van der Waals surface area (Å²) in [6, 6.07) is 0. The van der Waals surface area contributed by atoms with Crippen LogP contribution in [0.15, 0.2) is 4.99 Å². The highest BCUT2D eigenvalue weighted by atomic mass is 16.5. The van der Waals surface area contributed by atoms with E-state index < -0.39 is 0 Å². The van der Waals surface area contributed by atoms with Gasteiger partial charge in [0.1, 0.15) is 0 Å². The average Bonchev–Trinajstić information content (AvgIpc) is 3.01. The van der Waals surface area contributed by atoms with Crippen molar-refractivity contribution in [2.75, 3.05) is 53.1 Å². The SMILES string of the molecule is COCCNC(N)=NCC1(N2CCCC2)CCOCC1. The number of rotatable bonds is 6. The topological polar surface area (TPSA) is 72.1 Å². The van der Waals surface area contributed by atoms with E-state index in [1.807, 2.05) is 0 Å². The van der Waals surface area contributed by atoms with Crippen molar-refractivity contribution >= 4 is 5.96 Å². The molecular formula is C14H28N4O2. The van der Waals surface area contributed by atoms with Crippen molar-refractivity contribution in [2.24, 2.45) is 10.7 Å². The Morgan fingerprint density at radius 2 is 2.05 bits per heavy atom. The summed E-state index contributed by atoms with van der Waals surface area (Å²) >= 11 is 0. The minimum absolute atomic E-state index is 0.155. The van der Waals surface area contributed by atoms with Gasteiger partial charge in [-0.3, -0.25) is 9.89 Å². The van der Waals surface area contributed by atoms with Gasteiger partial charge in [-0.1, -0.05) is 0 Å². The summed E-state index contributed by atoms with van der Waals surface area (Å²) in [7, 11) is 1.68. The van der Waals surface area contributed by atoms with Crippen molar-refractivity contribution < 1.29 is 9.47 Å².